The maximum atomic E-state index is 13.3. The van der Waals surface area contributed by atoms with Crippen LogP contribution in [0.25, 0.3) is 0 Å². The number of carboxylic acids is 1. The molecule has 0 aliphatic carbocycles. The van der Waals surface area contributed by atoms with Gasteiger partial charge >= 0.3 is 5.97 Å². The Kier molecular flexibility index (Phi) is 4.07. The molecule has 0 radical (unpaired) electrons. The van der Waals surface area contributed by atoms with E-state index in [1.54, 1.807) is 0 Å². The predicted octanol–water partition coefficient (Wildman–Crippen LogP) is 0.527. The van der Waals surface area contributed by atoms with Gasteiger partial charge in [-0.15, -0.1) is 0 Å². The van der Waals surface area contributed by atoms with Crippen molar-refractivity contribution in [1.29, 1.82) is 0 Å². The number of rotatable bonds is 4. The Hall–Kier alpha value is -1.51. The Morgan fingerprint density at radius 1 is 1.45 bits per heavy atom. The number of hydrogen-bond donors (Lipinski definition) is 2. The van der Waals surface area contributed by atoms with Crippen LogP contribution in [0, 0.1) is 11.7 Å². The van der Waals surface area contributed by atoms with Gasteiger partial charge in [-0.25, -0.2) is 17.6 Å². The zero-order chi connectivity index (χ0) is 14.9. The van der Waals surface area contributed by atoms with E-state index in [2.05, 4.69) is 0 Å². The van der Waals surface area contributed by atoms with Crippen molar-refractivity contribution in [3.05, 3.63) is 29.6 Å². The topological polar surface area (TPSA) is 94.9 Å². The van der Waals surface area contributed by atoms with Gasteiger partial charge in [-0.05, 0) is 30.5 Å². The molecule has 1 saturated heterocycles. The van der Waals surface area contributed by atoms with Crippen molar-refractivity contribution >= 4 is 16.0 Å². The fourth-order valence-corrected chi connectivity index (χ4v) is 3.92. The van der Waals surface area contributed by atoms with E-state index < -0.39 is 32.3 Å². The van der Waals surface area contributed by atoms with Crippen LogP contribution < -0.4 is 0 Å². The van der Waals surface area contributed by atoms with E-state index in [1.807, 2.05) is 0 Å². The molecule has 110 valence electrons. The first kappa shape index (κ1) is 14.9. The van der Waals surface area contributed by atoms with Gasteiger partial charge < -0.3 is 10.2 Å². The van der Waals surface area contributed by atoms with Crippen LogP contribution in [0.2, 0.25) is 0 Å². The van der Waals surface area contributed by atoms with Crippen LogP contribution in [-0.4, -0.2) is 48.6 Å². The fraction of sp³-hybridized carbons (Fsp3) is 0.417. The zero-order valence-corrected chi connectivity index (χ0v) is 11.3. The molecule has 1 heterocycles. The van der Waals surface area contributed by atoms with Gasteiger partial charge in [0.05, 0.1) is 10.5 Å². The second kappa shape index (κ2) is 5.47. The van der Waals surface area contributed by atoms with Gasteiger partial charge in [0, 0.05) is 19.7 Å². The molecule has 1 unspecified atom stereocenters. The summed E-state index contributed by atoms with van der Waals surface area (Å²) in [4.78, 5) is 10.5. The number of halogens is 1. The molecule has 2 rings (SSSR count). The first-order valence-corrected chi connectivity index (χ1v) is 7.44. The van der Waals surface area contributed by atoms with Crippen molar-refractivity contribution in [2.45, 2.75) is 11.3 Å². The van der Waals surface area contributed by atoms with E-state index in [0.717, 1.165) is 16.4 Å². The third-order valence-corrected chi connectivity index (χ3v) is 5.20. The first-order valence-electron chi connectivity index (χ1n) is 6.00. The van der Waals surface area contributed by atoms with Gasteiger partial charge in [-0.1, -0.05) is 0 Å². The Bertz CT molecular complexity index is 631. The van der Waals surface area contributed by atoms with Crippen LogP contribution in [0.1, 0.15) is 16.8 Å². The number of carbonyl (C=O) groups is 1. The van der Waals surface area contributed by atoms with Gasteiger partial charge in [0.2, 0.25) is 10.0 Å². The molecular weight excluding hydrogens is 289 g/mol. The highest BCUT2D eigenvalue weighted by molar-refractivity contribution is 7.89. The number of aromatic carboxylic acids is 1. The minimum absolute atomic E-state index is 0.106. The smallest absolute Gasteiger partial charge is 0.337 e. The molecule has 8 heteroatoms. The van der Waals surface area contributed by atoms with Crippen molar-refractivity contribution in [2.75, 3.05) is 19.7 Å². The molecule has 0 saturated carbocycles. The normalized spacial score (nSPS) is 20.2. The van der Waals surface area contributed by atoms with Crippen LogP contribution in [-0.2, 0) is 10.0 Å². The van der Waals surface area contributed by atoms with Crippen molar-refractivity contribution in [3.8, 4) is 0 Å². The standard InChI is InChI=1S/C12H14FNO5S/c13-9-1-2-10(12(16)17)11(5-9)20(18,19)14-4-3-8(6-14)7-15/h1-2,5,8,15H,3-4,6-7H2,(H,16,17). The van der Waals surface area contributed by atoms with Gasteiger partial charge in [-0.3, -0.25) is 0 Å². The highest BCUT2D eigenvalue weighted by Gasteiger charge is 2.34. The third kappa shape index (κ3) is 2.67. The lowest BCUT2D eigenvalue weighted by atomic mass is 10.1. The number of nitrogens with zero attached hydrogens (tertiary/aromatic N) is 1. The fourth-order valence-electron chi connectivity index (χ4n) is 2.19. The quantitative estimate of drug-likeness (QED) is 0.846. The second-order valence-corrected chi connectivity index (χ2v) is 6.55. The lowest BCUT2D eigenvalue weighted by molar-refractivity contribution is 0.0692. The molecule has 0 spiro atoms. The molecule has 1 atom stereocenters. The molecule has 2 N–H and O–H groups in total. The highest BCUT2D eigenvalue weighted by Crippen LogP contribution is 2.27. The van der Waals surface area contributed by atoms with Crippen LogP contribution in [0.4, 0.5) is 4.39 Å². The van der Waals surface area contributed by atoms with Crippen LogP contribution in [0.5, 0.6) is 0 Å². The monoisotopic (exact) mass is 303 g/mol. The van der Waals surface area contributed by atoms with Crippen molar-refractivity contribution in [3.63, 3.8) is 0 Å². The summed E-state index contributed by atoms with van der Waals surface area (Å²) in [6, 6.07) is 2.55. The highest BCUT2D eigenvalue weighted by atomic mass is 32.2. The van der Waals surface area contributed by atoms with E-state index in [0.29, 0.717) is 12.5 Å². The Balaban J connectivity index is 2.44. The zero-order valence-electron chi connectivity index (χ0n) is 10.5. The first-order chi connectivity index (χ1) is 9.36. The summed E-state index contributed by atoms with van der Waals surface area (Å²) >= 11 is 0. The van der Waals surface area contributed by atoms with Crippen molar-refractivity contribution in [1.82, 2.24) is 4.31 Å². The molecule has 0 aromatic heterocycles. The van der Waals surface area contributed by atoms with Gasteiger partial charge in [0.1, 0.15) is 5.82 Å². The van der Waals surface area contributed by atoms with Crippen molar-refractivity contribution < 1.29 is 27.8 Å². The lowest BCUT2D eigenvalue weighted by Crippen LogP contribution is -2.30. The van der Waals surface area contributed by atoms with Gasteiger partial charge in [0.15, 0.2) is 0 Å². The molecule has 1 aliphatic rings. The number of sulfonamides is 1. The molecule has 0 bridgehead atoms. The molecular formula is C12H14FNO5S. The predicted molar refractivity (Wildman–Crippen MR) is 67.3 cm³/mol. The average molecular weight is 303 g/mol. The molecule has 1 aromatic rings. The summed E-state index contributed by atoms with van der Waals surface area (Å²) in [5.41, 5.74) is -0.459. The number of aliphatic hydroxyl groups excluding tert-OH is 1. The minimum Gasteiger partial charge on any atom is -0.478 e. The maximum absolute atomic E-state index is 13.3. The number of carboxylic acid groups (broad SMARTS) is 1. The number of aliphatic hydroxyl groups is 1. The third-order valence-electron chi connectivity index (χ3n) is 3.30. The molecule has 20 heavy (non-hydrogen) atoms. The summed E-state index contributed by atoms with van der Waals surface area (Å²) in [5.74, 6) is -2.42. The van der Waals surface area contributed by atoms with E-state index >= 15 is 0 Å². The lowest BCUT2D eigenvalue weighted by Gasteiger charge is -2.17. The molecule has 0 amide bonds. The van der Waals surface area contributed by atoms with Gasteiger partial charge in [-0.2, -0.15) is 4.31 Å². The second-order valence-electron chi connectivity index (χ2n) is 4.65. The number of hydrogen-bond acceptors (Lipinski definition) is 4. The van der Waals surface area contributed by atoms with E-state index in [-0.39, 0.29) is 25.6 Å². The minimum atomic E-state index is -4.08. The molecule has 1 fully saturated rings. The molecule has 1 aromatic carbocycles. The van der Waals surface area contributed by atoms with E-state index in [9.17, 15) is 17.6 Å². The summed E-state index contributed by atoms with van der Waals surface area (Å²) < 4.78 is 39.1. The van der Waals surface area contributed by atoms with Crippen molar-refractivity contribution in [2.24, 2.45) is 5.92 Å². The SMILES string of the molecule is O=C(O)c1ccc(F)cc1S(=O)(=O)N1CCC(CO)C1. The van der Waals surface area contributed by atoms with Crippen LogP contribution >= 0.6 is 0 Å². The summed E-state index contributed by atoms with van der Waals surface area (Å²) in [5, 5.41) is 18.0. The number of benzene rings is 1. The maximum Gasteiger partial charge on any atom is 0.337 e. The van der Waals surface area contributed by atoms with E-state index in [1.165, 1.54) is 0 Å². The summed E-state index contributed by atoms with van der Waals surface area (Å²) in [6.45, 7) is 0.151. The van der Waals surface area contributed by atoms with Gasteiger partial charge in [0.25, 0.3) is 0 Å². The largest absolute Gasteiger partial charge is 0.478 e. The molecule has 1 aliphatic heterocycles. The summed E-state index contributed by atoms with van der Waals surface area (Å²) in [7, 11) is -4.08. The van der Waals surface area contributed by atoms with Crippen LogP contribution in [0.3, 0.4) is 0 Å². The Labute approximate surface area is 115 Å². The Morgan fingerprint density at radius 3 is 2.70 bits per heavy atom. The Morgan fingerprint density at radius 2 is 2.15 bits per heavy atom. The summed E-state index contributed by atoms with van der Waals surface area (Å²) in [6.07, 6.45) is 0.494. The van der Waals surface area contributed by atoms with E-state index in [4.69, 9.17) is 10.2 Å². The van der Waals surface area contributed by atoms with Crippen LogP contribution in [0.15, 0.2) is 23.1 Å². The molecule has 6 nitrogen and oxygen atoms in total. The average Bonchev–Trinajstić information content (AvgIpc) is 2.87.